The number of hydrogen-bond acceptors (Lipinski definition) is 6. The van der Waals surface area contributed by atoms with Crippen LogP contribution in [0.15, 0.2) is 53.0 Å². The maximum Gasteiger partial charge on any atom is 0.230 e. The molecule has 1 saturated heterocycles. The number of benzene rings is 1. The van der Waals surface area contributed by atoms with Gasteiger partial charge < -0.3 is 9.88 Å². The molecule has 0 radical (unpaired) electrons. The summed E-state index contributed by atoms with van der Waals surface area (Å²) in [6.45, 7) is 5.66. The fraction of sp³-hybridized carbons (Fsp3) is 0.409. The molecule has 1 amide bonds. The van der Waals surface area contributed by atoms with E-state index >= 15 is 0 Å². The molecule has 2 aromatic heterocycles. The minimum atomic E-state index is 0.0310. The minimum Gasteiger partial charge on any atom is -0.353 e. The van der Waals surface area contributed by atoms with Crippen molar-refractivity contribution >= 4 is 29.0 Å². The van der Waals surface area contributed by atoms with Crippen LogP contribution < -0.4 is 5.32 Å². The number of hydrogen-bond donors (Lipinski definition) is 1. The van der Waals surface area contributed by atoms with E-state index in [0.29, 0.717) is 12.3 Å². The number of thiophene rings is 1. The Morgan fingerprint density at radius 1 is 1.17 bits per heavy atom. The van der Waals surface area contributed by atoms with Crippen molar-refractivity contribution in [3.63, 3.8) is 0 Å². The van der Waals surface area contributed by atoms with E-state index in [9.17, 15) is 4.79 Å². The van der Waals surface area contributed by atoms with Crippen LogP contribution in [0.5, 0.6) is 0 Å². The Labute approximate surface area is 185 Å². The zero-order valence-corrected chi connectivity index (χ0v) is 18.8. The molecular weight excluding hydrogens is 414 g/mol. The topological polar surface area (TPSA) is 63.1 Å². The summed E-state index contributed by atoms with van der Waals surface area (Å²) in [5.41, 5.74) is 1.26. The van der Waals surface area contributed by atoms with Crippen molar-refractivity contribution < 1.29 is 4.79 Å². The highest BCUT2D eigenvalue weighted by molar-refractivity contribution is 7.99. The highest BCUT2D eigenvalue weighted by atomic mass is 32.2. The lowest BCUT2D eigenvalue weighted by Crippen LogP contribution is -2.37. The standard InChI is InChI=1S/C22H27N5OS2/c1-2-27-21(19-11-8-14-29-19)24-25-22(27)30-16-20(28)23-15-18(26-12-6-7-13-26)17-9-4-3-5-10-17/h3-5,8-11,14,18H,2,6-7,12-13,15-16H2,1H3,(H,23,28). The fourth-order valence-electron chi connectivity index (χ4n) is 3.85. The van der Waals surface area contributed by atoms with Gasteiger partial charge in [-0.2, -0.15) is 0 Å². The molecule has 158 valence electrons. The zero-order valence-electron chi connectivity index (χ0n) is 17.2. The van der Waals surface area contributed by atoms with Crippen molar-refractivity contribution in [2.24, 2.45) is 0 Å². The van der Waals surface area contributed by atoms with Crippen LogP contribution in [-0.2, 0) is 11.3 Å². The second kappa shape index (κ2) is 10.2. The number of likely N-dealkylation sites (tertiary alicyclic amines) is 1. The van der Waals surface area contributed by atoms with Crippen LogP contribution in [0, 0.1) is 0 Å². The molecule has 1 aliphatic heterocycles. The fourth-order valence-corrected chi connectivity index (χ4v) is 5.40. The first-order valence-corrected chi connectivity index (χ1v) is 12.3. The molecule has 1 fully saturated rings. The number of carbonyl (C=O) groups excluding carboxylic acids is 1. The Bertz CT molecular complexity index is 936. The van der Waals surface area contributed by atoms with Crippen molar-refractivity contribution in [1.82, 2.24) is 25.0 Å². The van der Waals surface area contributed by atoms with Gasteiger partial charge in [0.1, 0.15) is 0 Å². The number of carbonyl (C=O) groups is 1. The molecule has 0 spiro atoms. The summed E-state index contributed by atoms with van der Waals surface area (Å²) < 4.78 is 2.07. The third-order valence-corrected chi connectivity index (χ3v) is 7.20. The molecule has 6 nitrogen and oxygen atoms in total. The molecule has 4 rings (SSSR count). The SMILES string of the molecule is CCn1c(SCC(=O)NCC(c2ccccc2)N2CCCC2)nnc1-c1cccs1. The van der Waals surface area contributed by atoms with Crippen LogP contribution in [0.1, 0.15) is 31.4 Å². The highest BCUT2D eigenvalue weighted by Crippen LogP contribution is 2.27. The van der Waals surface area contributed by atoms with Gasteiger partial charge in [0.2, 0.25) is 5.91 Å². The van der Waals surface area contributed by atoms with Crippen molar-refractivity contribution in [2.45, 2.75) is 37.5 Å². The Kier molecular flexibility index (Phi) is 7.20. The van der Waals surface area contributed by atoms with Gasteiger partial charge in [-0.05, 0) is 49.9 Å². The van der Waals surface area contributed by atoms with Gasteiger partial charge in [0.05, 0.1) is 16.7 Å². The first-order chi connectivity index (χ1) is 14.8. The minimum absolute atomic E-state index is 0.0310. The maximum absolute atomic E-state index is 12.6. The van der Waals surface area contributed by atoms with Crippen molar-refractivity contribution in [3.8, 4) is 10.7 Å². The lowest BCUT2D eigenvalue weighted by atomic mass is 10.1. The Morgan fingerprint density at radius 3 is 2.67 bits per heavy atom. The summed E-state index contributed by atoms with van der Waals surface area (Å²) in [7, 11) is 0. The molecular formula is C22H27N5OS2. The molecule has 1 aliphatic rings. The van der Waals surface area contributed by atoms with E-state index in [-0.39, 0.29) is 11.9 Å². The van der Waals surface area contributed by atoms with Crippen LogP contribution in [0.4, 0.5) is 0 Å². The van der Waals surface area contributed by atoms with E-state index < -0.39 is 0 Å². The van der Waals surface area contributed by atoms with E-state index in [0.717, 1.165) is 35.5 Å². The predicted octanol–water partition coefficient (Wildman–Crippen LogP) is 4.07. The molecule has 1 atom stereocenters. The van der Waals surface area contributed by atoms with Gasteiger partial charge in [-0.25, -0.2) is 0 Å². The Balaban J connectivity index is 1.35. The summed E-state index contributed by atoms with van der Waals surface area (Å²) >= 11 is 3.09. The Hall–Kier alpha value is -2.16. The second-order valence-electron chi connectivity index (χ2n) is 7.29. The van der Waals surface area contributed by atoms with Gasteiger partial charge >= 0.3 is 0 Å². The first kappa shape index (κ1) is 21.1. The normalized spacial score (nSPS) is 15.4. The molecule has 30 heavy (non-hydrogen) atoms. The van der Waals surface area contributed by atoms with E-state index in [1.165, 1.54) is 30.2 Å². The van der Waals surface area contributed by atoms with Crippen molar-refractivity contribution in [1.29, 1.82) is 0 Å². The first-order valence-electron chi connectivity index (χ1n) is 10.4. The summed E-state index contributed by atoms with van der Waals surface area (Å²) in [5.74, 6) is 1.24. The van der Waals surface area contributed by atoms with Crippen LogP contribution in [0.3, 0.4) is 0 Å². The summed E-state index contributed by atoms with van der Waals surface area (Å²) in [6, 6.07) is 14.8. The third kappa shape index (κ3) is 4.94. The van der Waals surface area contributed by atoms with Crippen molar-refractivity contribution in [2.75, 3.05) is 25.4 Å². The number of aromatic nitrogens is 3. The average molecular weight is 442 g/mol. The predicted molar refractivity (Wildman–Crippen MR) is 123 cm³/mol. The molecule has 1 unspecified atom stereocenters. The number of amides is 1. The zero-order chi connectivity index (χ0) is 20.8. The number of thioether (sulfide) groups is 1. The molecule has 1 N–H and O–H groups in total. The lowest BCUT2D eigenvalue weighted by molar-refractivity contribution is -0.118. The monoisotopic (exact) mass is 441 g/mol. The van der Waals surface area contributed by atoms with Crippen LogP contribution in [-0.4, -0.2) is 51.0 Å². The van der Waals surface area contributed by atoms with Crippen LogP contribution in [0.2, 0.25) is 0 Å². The molecule has 0 bridgehead atoms. The van der Waals surface area contributed by atoms with Gasteiger partial charge in [0, 0.05) is 13.1 Å². The van der Waals surface area contributed by atoms with Gasteiger partial charge in [0.15, 0.2) is 11.0 Å². The van der Waals surface area contributed by atoms with E-state index in [1.807, 2.05) is 23.6 Å². The molecule has 0 aliphatic carbocycles. The second-order valence-corrected chi connectivity index (χ2v) is 9.18. The van der Waals surface area contributed by atoms with Crippen molar-refractivity contribution in [3.05, 3.63) is 53.4 Å². The number of nitrogens with one attached hydrogen (secondary N) is 1. The average Bonchev–Trinajstić information content (AvgIpc) is 3.54. The quantitative estimate of drug-likeness (QED) is 0.507. The van der Waals surface area contributed by atoms with E-state index in [1.54, 1.807) is 11.3 Å². The summed E-state index contributed by atoms with van der Waals surface area (Å²) in [5, 5.41) is 14.6. The number of nitrogens with zero attached hydrogens (tertiary/aromatic N) is 4. The molecule has 1 aromatic carbocycles. The van der Waals surface area contributed by atoms with E-state index in [4.69, 9.17) is 0 Å². The maximum atomic E-state index is 12.6. The highest BCUT2D eigenvalue weighted by Gasteiger charge is 2.24. The molecule has 8 heteroatoms. The van der Waals surface area contributed by atoms with Gasteiger partial charge in [-0.3, -0.25) is 9.69 Å². The summed E-state index contributed by atoms with van der Waals surface area (Å²) in [6.07, 6.45) is 2.46. The number of rotatable bonds is 9. The Morgan fingerprint density at radius 2 is 1.97 bits per heavy atom. The van der Waals surface area contributed by atoms with Gasteiger partial charge in [-0.1, -0.05) is 48.2 Å². The largest absolute Gasteiger partial charge is 0.353 e. The molecule has 3 heterocycles. The molecule has 0 saturated carbocycles. The van der Waals surface area contributed by atoms with Crippen LogP contribution >= 0.6 is 23.1 Å². The smallest absolute Gasteiger partial charge is 0.230 e. The third-order valence-electron chi connectivity index (χ3n) is 5.37. The van der Waals surface area contributed by atoms with Gasteiger partial charge in [0.25, 0.3) is 0 Å². The lowest BCUT2D eigenvalue weighted by Gasteiger charge is -2.28. The van der Waals surface area contributed by atoms with E-state index in [2.05, 4.69) is 56.2 Å². The summed E-state index contributed by atoms with van der Waals surface area (Å²) in [4.78, 5) is 16.2. The van der Waals surface area contributed by atoms with Crippen LogP contribution in [0.25, 0.3) is 10.7 Å². The van der Waals surface area contributed by atoms with Gasteiger partial charge in [-0.15, -0.1) is 21.5 Å². The molecule has 3 aromatic rings.